The monoisotopic (exact) mass is 162 g/mol. The van der Waals surface area contributed by atoms with Gasteiger partial charge in [0.2, 0.25) is 0 Å². The molecule has 0 aromatic carbocycles. The van der Waals surface area contributed by atoms with Crippen molar-refractivity contribution in [3.8, 4) is 11.8 Å². The van der Waals surface area contributed by atoms with Gasteiger partial charge in [-0.05, 0) is 38.7 Å². The predicted octanol–water partition coefficient (Wildman–Crippen LogP) is 2.33. The molecule has 1 atom stereocenters. The maximum absolute atomic E-state index is 11.0. The van der Waals surface area contributed by atoms with Gasteiger partial charge in [0, 0.05) is 5.92 Å². The summed E-state index contributed by atoms with van der Waals surface area (Å²) in [6.45, 7) is 3.52. The Bertz CT molecular complexity index is 262. The van der Waals surface area contributed by atoms with E-state index in [1.54, 1.807) is 6.92 Å². The lowest BCUT2D eigenvalue weighted by atomic mass is 9.87. The minimum Gasteiger partial charge on any atom is -0.300 e. The molecule has 64 valence electrons. The highest BCUT2D eigenvalue weighted by atomic mass is 16.1. The van der Waals surface area contributed by atoms with E-state index in [0.717, 1.165) is 19.3 Å². The highest BCUT2D eigenvalue weighted by Gasteiger charge is 2.16. The van der Waals surface area contributed by atoms with Crippen LogP contribution in [0.3, 0.4) is 0 Å². The minimum atomic E-state index is 0.257. The van der Waals surface area contributed by atoms with Gasteiger partial charge in [-0.2, -0.15) is 0 Å². The molecular formula is C11H14O. The molecule has 0 fully saturated rings. The third kappa shape index (κ3) is 2.23. The van der Waals surface area contributed by atoms with E-state index in [1.165, 1.54) is 5.57 Å². The number of ketones is 1. The summed E-state index contributed by atoms with van der Waals surface area (Å²) in [6, 6.07) is 0. The molecular weight excluding hydrogens is 148 g/mol. The number of Topliss-reactive ketones (excluding diaryl/α,β-unsaturated/α-hetero) is 1. The number of hydrogen-bond acceptors (Lipinski definition) is 1. The zero-order chi connectivity index (χ0) is 8.97. The zero-order valence-electron chi connectivity index (χ0n) is 7.68. The Morgan fingerprint density at radius 3 is 2.83 bits per heavy atom. The number of hydrogen-bond donors (Lipinski definition) is 0. The van der Waals surface area contributed by atoms with E-state index >= 15 is 0 Å². The van der Waals surface area contributed by atoms with Crippen LogP contribution in [0.5, 0.6) is 0 Å². The summed E-state index contributed by atoms with van der Waals surface area (Å²) in [5, 5.41) is 0. The van der Waals surface area contributed by atoms with E-state index in [1.807, 2.05) is 6.92 Å². The maximum Gasteiger partial charge on any atom is 0.133 e. The highest BCUT2D eigenvalue weighted by Crippen LogP contribution is 2.23. The minimum absolute atomic E-state index is 0.257. The zero-order valence-corrected chi connectivity index (χ0v) is 7.68. The molecule has 0 aromatic rings. The van der Waals surface area contributed by atoms with Crippen molar-refractivity contribution in [2.45, 2.75) is 33.1 Å². The maximum atomic E-state index is 11.0. The Morgan fingerprint density at radius 2 is 2.42 bits per heavy atom. The number of carbonyl (C=O) groups is 1. The fourth-order valence-electron chi connectivity index (χ4n) is 1.48. The Labute approximate surface area is 73.9 Å². The molecule has 0 amide bonds. The van der Waals surface area contributed by atoms with Crippen LogP contribution < -0.4 is 0 Å². The third-order valence-corrected chi connectivity index (χ3v) is 2.27. The molecule has 1 unspecified atom stereocenters. The lowest BCUT2D eigenvalue weighted by molar-refractivity contribution is -0.120. The third-order valence-electron chi connectivity index (χ3n) is 2.27. The molecule has 0 radical (unpaired) electrons. The van der Waals surface area contributed by atoms with Crippen LogP contribution in [0.25, 0.3) is 0 Å². The van der Waals surface area contributed by atoms with Gasteiger partial charge in [-0.25, -0.2) is 0 Å². The van der Waals surface area contributed by atoms with Crippen LogP contribution in [0.15, 0.2) is 11.6 Å². The molecule has 1 rings (SSSR count). The fraction of sp³-hybridized carbons (Fsp3) is 0.545. The van der Waals surface area contributed by atoms with Crippen LogP contribution in [-0.2, 0) is 4.79 Å². The Morgan fingerprint density at radius 1 is 1.67 bits per heavy atom. The first kappa shape index (κ1) is 9.06. The molecule has 0 aliphatic heterocycles. The molecule has 0 N–H and O–H groups in total. The van der Waals surface area contributed by atoms with Gasteiger partial charge in [0.15, 0.2) is 0 Å². The molecule has 1 aliphatic carbocycles. The van der Waals surface area contributed by atoms with E-state index < -0.39 is 0 Å². The SMILES string of the molecule is CC#CC1=CCC(C(C)=O)CC1. The van der Waals surface area contributed by atoms with Crippen molar-refractivity contribution in [3.63, 3.8) is 0 Å². The summed E-state index contributed by atoms with van der Waals surface area (Å²) < 4.78 is 0. The first-order valence-electron chi connectivity index (χ1n) is 4.36. The van der Waals surface area contributed by atoms with E-state index in [-0.39, 0.29) is 5.92 Å². The molecule has 0 bridgehead atoms. The van der Waals surface area contributed by atoms with Gasteiger partial charge in [-0.15, -0.1) is 5.92 Å². The van der Waals surface area contributed by atoms with Crippen molar-refractivity contribution in [1.82, 2.24) is 0 Å². The van der Waals surface area contributed by atoms with Crippen LogP contribution in [0.2, 0.25) is 0 Å². The van der Waals surface area contributed by atoms with Gasteiger partial charge >= 0.3 is 0 Å². The van der Waals surface area contributed by atoms with Crippen LogP contribution in [0.4, 0.5) is 0 Å². The largest absolute Gasteiger partial charge is 0.300 e. The molecule has 1 nitrogen and oxygen atoms in total. The molecule has 0 heterocycles. The lowest BCUT2D eigenvalue weighted by Crippen LogP contribution is -2.13. The molecule has 0 aromatic heterocycles. The predicted molar refractivity (Wildman–Crippen MR) is 49.6 cm³/mol. The summed E-state index contributed by atoms with van der Waals surface area (Å²) in [5.74, 6) is 6.49. The number of carbonyl (C=O) groups excluding carboxylic acids is 1. The van der Waals surface area contributed by atoms with E-state index in [4.69, 9.17) is 0 Å². The van der Waals surface area contributed by atoms with E-state index in [0.29, 0.717) is 5.78 Å². The first-order chi connectivity index (χ1) is 5.74. The standard InChI is InChI=1S/C11H14O/c1-3-4-10-5-7-11(8-6-10)9(2)12/h5,11H,6-8H2,1-2H3. The van der Waals surface area contributed by atoms with Crippen LogP contribution in [0, 0.1) is 17.8 Å². The average molecular weight is 162 g/mol. The molecule has 1 aliphatic rings. The fourth-order valence-corrected chi connectivity index (χ4v) is 1.48. The van der Waals surface area contributed by atoms with Gasteiger partial charge in [0.25, 0.3) is 0 Å². The normalized spacial score (nSPS) is 22.2. The van der Waals surface area contributed by atoms with E-state index in [2.05, 4.69) is 17.9 Å². The number of rotatable bonds is 1. The summed E-state index contributed by atoms with van der Waals surface area (Å²) >= 11 is 0. The molecule has 12 heavy (non-hydrogen) atoms. The van der Waals surface area contributed by atoms with Crippen molar-refractivity contribution in [2.75, 3.05) is 0 Å². The Balaban J connectivity index is 2.57. The van der Waals surface area contributed by atoms with E-state index in [9.17, 15) is 4.79 Å². The van der Waals surface area contributed by atoms with Crippen molar-refractivity contribution in [3.05, 3.63) is 11.6 Å². The second-order valence-electron chi connectivity index (χ2n) is 3.19. The summed E-state index contributed by atoms with van der Waals surface area (Å²) in [5.41, 5.74) is 1.20. The quantitative estimate of drug-likeness (QED) is 0.541. The smallest absolute Gasteiger partial charge is 0.133 e. The van der Waals surface area contributed by atoms with Crippen LogP contribution >= 0.6 is 0 Å². The number of allylic oxidation sites excluding steroid dienone is 2. The van der Waals surface area contributed by atoms with Gasteiger partial charge < -0.3 is 0 Å². The van der Waals surface area contributed by atoms with Crippen molar-refractivity contribution in [1.29, 1.82) is 0 Å². The van der Waals surface area contributed by atoms with Crippen molar-refractivity contribution < 1.29 is 4.79 Å². The highest BCUT2D eigenvalue weighted by molar-refractivity contribution is 5.78. The van der Waals surface area contributed by atoms with Gasteiger partial charge in [0.05, 0.1) is 0 Å². The van der Waals surface area contributed by atoms with Gasteiger partial charge in [-0.1, -0.05) is 12.0 Å². The second-order valence-corrected chi connectivity index (χ2v) is 3.19. The van der Waals surface area contributed by atoms with Gasteiger partial charge in [0.1, 0.15) is 5.78 Å². The molecule has 0 saturated carbocycles. The lowest BCUT2D eigenvalue weighted by Gasteiger charge is -2.16. The van der Waals surface area contributed by atoms with Crippen molar-refractivity contribution >= 4 is 5.78 Å². The Kier molecular flexibility index (Phi) is 3.10. The summed E-state index contributed by atoms with van der Waals surface area (Å²) in [7, 11) is 0. The van der Waals surface area contributed by atoms with Crippen LogP contribution in [-0.4, -0.2) is 5.78 Å². The molecule has 0 spiro atoms. The summed E-state index contributed by atoms with van der Waals surface area (Å²) in [6.07, 6.45) is 4.95. The van der Waals surface area contributed by atoms with Crippen molar-refractivity contribution in [2.24, 2.45) is 5.92 Å². The average Bonchev–Trinajstić information content (AvgIpc) is 2.06. The van der Waals surface area contributed by atoms with Crippen LogP contribution in [0.1, 0.15) is 33.1 Å². The topological polar surface area (TPSA) is 17.1 Å². The second kappa shape index (κ2) is 4.11. The Hall–Kier alpha value is -1.03. The summed E-state index contributed by atoms with van der Waals surface area (Å²) in [4.78, 5) is 11.0. The molecule has 1 heteroatoms. The first-order valence-corrected chi connectivity index (χ1v) is 4.36. The van der Waals surface area contributed by atoms with Gasteiger partial charge in [-0.3, -0.25) is 4.79 Å². The molecule has 0 saturated heterocycles.